The molecule has 0 aliphatic carbocycles. The van der Waals surface area contributed by atoms with Crippen LogP contribution in [0.5, 0.6) is 5.75 Å². The summed E-state index contributed by atoms with van der Waals surface area (Å²) in [6.07, 6.45) is 0. The van der Waals surface area contributed by atoms with Crippen molar-refractivity contribution in [3.8, 4) is 5.75 Å². The van der Waals surface area contributed by atoms with Crippen molar-refractivity contribution in [3.05, 3.63) is 30.3 Å². The van der Waals surface area contributed by atoms with Gasteiger partial charge in [0.1, 0.15) is 0 Å². The van der Waals surface area contributed by atoms with Crippen molar-refractivity contribution >= 4 is 64.8 Å². The minimum atomic E-state index is -5.06. The summed E-state index contributed by atoms with van der Waals surface area (Å²) >= 11 is -5.06. The van der Waals surface area contributed by atoms with E-state index in [1.54, 1.807) is 18.2 Å². The molecule has 1 aromatic rings. The van der Waals surface area contributed by atoms with Crippen LogP contribution >= 0.6 is 0 Å². The van der Waals surface area contributed by atoms with Crippen LogP contribution < -0.4 is 3.82 Å². The standard InChI is InChI=1S/C6H6O4Se.K.H/c7-11(8,9)10-6-4-2-1-3-5-6;;/h1-5H,(H,7,8,9);;. The van der Waals surface area contributed by atoms with Crippen LogP contribution in [0.15, 0.2) is 30.3 Å². The summed E-state index contributed by atoms with van der Waals surface area (Å²) in [5.74, 6) is 0.125. The number of hydrogen-bond acceptors (Lipinski definition) is 3. The third-order valence-corrected chi connectivity index (χ3v) is 1.79. The summed E-state index contributed by atoms with van der Waals surface area (Å²) < 4.78 is 32.9. The SMILES string of the molecule is O=[Se](=O)(O)Oc1ccccc1.[KH]. The molecule has 62 valence electrons. The third kappa shape index (κ3) is 5.39. The van der Waals surface area contributed by atoms with Gasteiger partial charge >= 0.3 is 117 Å². The fourth-order valence-electron chi connectivity index (χ4n) is 0.598. The van der Waals surface area contributed by atoms with Gasteiger partial charge in [-0.25, -0.2) is 0 Å². The van der Waals surface area contributed by atoms with E-state index in [1.165, 1.54) is 12.1 Å². The molecule has 0 fully saturated rings. The predicted octanol–water partition coefficient (Wildman–Crippen LogP) is -0.294. The van der Waals surface area contributed by atoms with E-state index in [1.807, 2.05) is 0 Å². The second kappa shape index (κ2) is 5.46. The zero-order valence-electron chi connectivity index (χ0n) is 5.47. The molecule has 0 aromatic heterocycles. The first-order chi connectivity index (χ1) is 5.08. The van der Waals surface area contributed by atoms with Crippen LogP contribution in [0, 0.1) is 0 Å². The molecule has 0 heterocycles. The van der Waals surface area contributed by atoms with Crippen molar-refractivity contribution < 1.29 is 15.7 Å². The van der Waals surface area contributed by atoms with Gasteiger partial charge in [-0.05, 0) is 0 Å². The average Bonchev–Trinajstić information content (AvgIpc) is 1.85. The molecule has 0 saturated heterocycles. The Morgan fingerprint density at radius 1 is 1.17 bits per heavy atom. The summed E-state index contributed by atoms with van der Waals surface area (Å²) in [5, 5.41) is 0. The maximum absolute atomic E-state index is 10.2. The zero-order valence-corrected chi connectivity index (χ0v) is 7.18. The van der Waals surface area contributed by atoms with Gasteiger partial charge < -0.3 is 0 Å². The van der Waals surface area contributed by atoms with Crippen LogP contribution in [-0.2, 0) is 7.67 Å². The van der Waals surface area contributed by atoms with Crippen molar-refractivity contribution in [2.24, 2.45) is 0 Å². The normalized spacial score (nSPS) is 10.1. The Labute approximate surface area is 115 Å². The van der Waals surface area contributed by atoms with Gasteiger partial charge in [0, 0.05) is 0 Å². The average molecular weight is 261 g/mol. The number of hydrogen-bond donors (Lipinski definition) is 1. The zero-order chi connectivity index (χ0) is 8.32. The summed E-state index contributed by atoms with van der Waals surface area (Å²) in [7, 11) is 0. The molecular formula is C6H7KO4Se. The molecule has 1 N–H and O–H groups in total. The maximum atomic E-state index is 10.2. The Morgan fingerprint density at radius 2 is 1.67 bits per heavy atom. The second-order valence-electron chi connectivity index (χ2n) is 1.82. The van der Waals surface area contributed by atoms with Gasteiger partial charge in [0.05, 0.1) is 0 Å². The first kappa shape index (κ1) is 12.7. The Balaban J connectivity index is 0.00000121. The van der Waals surface area contributed by atoms with Gasteiger partial charge in [-0.2, -0.15) is 0 Å². The molecule has 0 unspecified atom stereocenters. The van der Waals surface area contributed by atoms with E-state index < -0.39 is 13.4 Å². The van der Waals surface area contributed by atoms with E-state index in [4.69, 9.17) is 4.19 Å². The Morgan fingerprint density at radius 3 is 2.08 bits per heavy atom. The number of benzene rings is 1. The molecule has 1 aromatic carbocycles. The molecule has 4 nitrogen and oxygen atoms in total. The minimum absolute atomic E-state index is 0. The summed E-state index contributed by atoms with van der Waals surface area (Å²) in [4.78, 5) is 0. The van der Waals surface area contributed by atoms with E-state index >= 15 is 0 Å². The monoisotopic (exact) mass is 262 g/mol. The fourth-order valence-corrected chi connectivity index (χ4v) is 1.34. The van der Waals surface area contributed by atoms with Crippen molar-refractivity contribution in [2.75, 3.05) is 0 Å². The topological polar surface area (TPSA) is 63.6 Å². The second-order valence-corrected chi connectivity index (χ2v) is 3.97. The van der Waals surface area contributed by atoms with Crippen LogP contribution in [-0.4, -0.2) is 68.9 Å². The van der Waals surface area contributed by atoms with Crippen LogP contribution in [0.1, 0.15) is 0 Å². The van der Waals surface area contributed by atoms with E-state index in [-0.39, 0.29) is 57.1 Å². The van der Waals surface area contributed by atoms with E-state index in [2.05, 4.69) is 3.82 Å². The Bertz CT molecular complexity index is 321. The fraction of sp³-hybridized carbons (Fsp3) is 0. The van der Waals surface area contributed by atoms with E-state index in [0.29, 0.717) is 0 Å². The molecule has 0 bridgehead atoms. The van der Waals surface area contributed by atoms with Crippen molar-refractivity contribution in [1.82, 2.24) is 0 Å². The molecule has 12 heavy (non-hydrogen) atoms. The van der Waals surface area contributed by atoms with Crippen molar-refractivity contribution in [2.45, 2.75) is 0 Å². The molecule has 0 radical (unpaired) electrons. The van der Waals surface area contributed by atoms with E-state index in [9.17, 15) is 7.67 Å². The quantitative estimate of drug-likeness (QED) is 0.743. The van der Waals surface area contributed by atoms with Gasteiger partial charge in [-0.1, -0.05) is 0 Å². The van der Waals surface area contributed by atoms with Crippen LogP contribution in [0.2, 0.25) is 0 Å². The van der Waals surface area contributed by atoms with Gasteiger partial charge in [-0.15, -0.1) is 0 Å². The molecule has 0 spiro atoms. The van der Waals surface area contributed by atoms with Gasteiger partial charge in [0.2, 0.25) is 0 Å². The molecular weight excluding hydrogens is 254 g/mol. The number of rotatable bonds is 2. The predicted molar refractivity (Wildman–Crippen MR) is 43.6 cm³/mol. The third-order valence-electron chi connectivity index (χ3n) is 0.945. The van der Waals surface area contributed by atoms with E-state index in [0.717, 1.165) is 0 Å². The molecule has 0 amide bonds. The Hall–Kier alpha value is 0.736. The molecule has 0 aliphatic heterocycles. The Kier molecular flexibility index (Phi) is 5.80. The first-order valence-corrected chi connectivity index (χ1v) is 5.66. The van der Waals surface area contributed by atoms with Crippen molar-refractivity contribution in [3.63, 3.8) is 0 Å². The van der Waals surface area contributed by atoms with Gasteiger partial charge in [0.15, 0.2) is 0 Å². The summed E-state index contributed by atoms with van der Waals surface area (Å²) in [6.45, 7) is 0. The first-order valence-electron chi connectivity index (χ1n) is 2.80. The van der Waals surface area contributed by atoms with Crippen LogP contribution in [0.4, 0.5) is 0 Å². The molecule has 0 aliphatic rings. The van der Waals surface area contributed by atoms with Gasteiger partial charge in [-0.3, -0.25) is 0 Å². The molecule has 0 atom stereocenters. The van der Waals surface area contributed by atoms with Crippen LogP contribution in [0.25, 0.3) is 0 Å². The molecule has 0 saturated carbocycles. The molecule has 6 heteroatoms. The van der Waals surface area contributed by atoms with Crippen molar-refractivity contribution in [1.29, 1.82) is 0 Å². The van der Waals surface area contributed by atoms with Crippen LogP contribution in [0.3, 0.4) is 0 Å². The van der Waals surface area contributed by atoms with Gasteiger partial charge in [0.25, 0.3) is 0 Å². The summed E-state index contributed by atoms with van der Waals surface area (Å²) in [6, 6.07) is 7.82. The number of para-hydroxylation sites is 1. The molecule has 1 rings (SSSR count). The summed E-state index contributed by atoms with van der Waals surface area (Å²) in [5.41, 5.74) is 0.